The van der Waals surface area contributed by atoms with Crippen molar-refractivity contribution in [3.63, 3.8) is 0 Å². The lowest BCUT2D eigenvalue weighted by molar-refractivity contribution is -0.466. The zero-order valence-electron chi connectivity index (χ0n) is 10.5. The Morgan fingerprint density at radius 3 is 1.89 bits per heavy atom. The Labute approximate surface area is 144 Å². The van der Waals surface area contributed by atoms with E-state index in [4.69, 9.17) is 34.8 Å². The Kier molecular flexibility index (Phi) is 8.33. The summed E-state index contributed by atoms with van der Waals surface area (Å²) < 4.78 is 2.01. The highest BCUT2D eigenvalue weighted by Gasteiger charge is 2.18. The molecule has 0 radical (unpaired) electrons. The highest BCUT2D eigenvalue weighted by molar-refractivity contribution is 8.13. The Morgan fingerprint density at radius 1 is 1.11 bits per heavy atom. The fourth-order valence-corrected chi connectivity index (χ4v) is 3.21. The maximum absolute atomic E-state index is 6.15. The van der Waals surface area contributed by atoms with Crippen molar-refractivity contribution in [3.8, 4) is 0 Å². The van der Waals surface area contributed by atoms with Gasteiger partial charge in [0, 0.05) is 16.8 Å². The average Bonchev–Trinajstić information content (AvgIpc) is 2.14. The van der Waals surface area contributed by atoms with Gasteiger partial charge in [0.15, 0.2) is 0 Å². The van der Waals surface area contributed by atoms with Gasteiger partial charge in [0.05, 0.1) is 43.1 Å². The molecule has 0 fully saturated rings. The third-order valence-electron chi connectivity index (χ3n) is 1.92. The van der Waals surface area contributed by atoms with Crippen LogP contribution in [0.2, 0.25) is 15.1 Å². The zero-order chi connectivity index (χ0) is 13.2. The van der Waals surface area contributed by atoms with Crippen molar-refractivity contribution in [2.75, 3.05) is 28.2 Å². The Hall–Kier alpha value is 0.640. The first-order valence-electron chi connectivity index (χ1n) is 4.87. The lowest BCUT2D eigenvalue weighted by atomic mass is 10.4. The maximum atomic E-state index is 6.15. The van der Waals surface area contributed by atoms with Crippen molar-refractivity contribution in [2.24, 2.45) is 0 Å². The second-order valence-electron chi connectivity index (χ2n) is 3.87. The summed E-state index contributed by atoms with van der Waals surface area (Å²) >= 11 is 19.7. The monoisotopic (exact) mass is 438 g/mol. The third-order valence-corrected chi connectivity index (χ3v) is 4.52. The van der Waals surface area contributed by atoms with Crippen LogP contribution in [-0.4, -0.2) is 42.8 Å². The Morgan fingerprint density at radius 2 is 1.56 bits per heavy atom. The Bertz CT molecular complexity index is 437. The van der Waals surface area contributed by atoms with Crippen molar-refractivity contribution in [1.29, 1.82) is 0 Å². The SMILES string of the molecule is CN(C)C(Sc1c(Cl)cc(Cl)cc1Cl)=[N+](C)C.[I-]. The molecule has 0 bridgehead atoms. The van der Waals surface area contributed by atoms with Gasteiger partial charge in [-0.3, -0.25) is 9.48 Å². The van der Waals surface area contributed by atoms with E-state index in [1.807, 2.05) is 37.7 Å². The molecule has 0 saturated carbocycles. The predicted molar refractivity (Wildman–Crippen MR) is 78.1 cm³/mol. The second-order valence-corrected chi connectivity index (χ2v) is 6.10. The molecule has 0 amide bonds. The zero-order valence-corrected chi connectivity index (χ0v) is 15.7. The number of benzene rings is 1. The third kappa shape index (κ3) is 4.96. The average molecular weight is 440 g/mol. The summed E-state index contributed by atoms with van der Waals surface area (Å²) in [5.41, 5.74) is 0. The molecule has 0 aliphatic rings. The number of amidine groups is 1. The van der Waals surface area contributed by atoms with Gasteiger partial charge in [0.2, 0.25) is 0 Å². The molecule has 1 aromatic carbocycles. The number of hydrogen-bond acceptors (Lipinski definition) is 1. The first-order chi connectivity index (χ1) is 7.82. The molecule has 0 atom stereocenters. The molecule has 0 aliphatic carbocycles. The van der Waals surface area contributed by atoms with E-state index in [1.165, 1.54) is 11.8 Å². The van der Waals surface area contributed by atoms with Crippen molar-refractivity contribution < 1.29 is 28.6 Å². The smallest absolute Gasteiger partial charge is 0.312 e. The van der Waals surface area contributed by atoms with E-state index in [-0.39, 0.29) is 24.0 Å². The molecule has 0 spiro atoms. The summed E-state index contributed by atoms with van der Waals surface area (Å²) in [6, 6.07) is 3.39. The van der Waals surface area contributed by atoms with Crippen molar-refractivity contribution >= 4 is 51.7 Å². The number of rotatable bonds is 1. The first kappa shape index (κ1) is 18.6. The van der Waals surface area contributed by atoms with Crippen LogP contribution in [0.3, 0.4) is 0 Å². The van der Waals surface area contributed by atoms with Crippen molar-refractivity contribution in [3.05, 3.63) is 27.2 Å². The van der Waals surface area contributed by atoms with Crippen LogP contribution in [0.15, 0.2) is 17.0 Å². The molecule has 0 N–H and O–H groups in total. The largest absolute Gasteiger partial charge is 1.00 e. The molecule has 18 heavy (non-hydrogen) atoms. The summed E-state index contributed by atoms with van der Waals surface area (Å²) in [6.07, 6.45) is 0. The van der Waals surface area contributed by atoms with Gasteiger partial charge in [-0.25, -0.2) is 0 Å². The number of nitrogens with zero attached hydrogens (tertiary/aromatic N) is 2. The van der Waals surface area contributed by atoms with E-state index in [2.05, 4.69) is 0 Å². The van der Waals surface area contributed by atoms with Gasteiger partial charge < -0.3 is 24.0 Å². The second kappa shape index (κ2) is 8.04. The highest BCUT2D eigenvalue weighted by atomic mass is 127. The van der Waals surface area contributed by atoms with E-state index in [0.717, 1.165) is 10.1 Å². The van der Waals surface area contributed by atoms with Gasteiger partial charge in [0.25, 0.3) is 0 Å². The van der Waals surface area contributed by atoms with Gasteiger partial charge in [-0.15, -0.1) is 0 Å². The molecule has 0 aliphatic heterocycles. The minimum atomic E-state index is 0. The van der Waals surface area contributed by atoms with Gasteiger partial charge in [0.1, 0.15) is 0 Å². The van der Waals surface area contributed by atoms with Gasteiger partial charge in [-0.05, 0) is 12.1 Å². The number of hydrogen-bond donors (Lipinski definition) is 0. The van der Waals surface area contributed by atoms with Crippen LogP contribution in [0.1, 0.15) is 0 Å². The summed E-state index contributed by atoms with van der Waals surface area (Å²) in [4.78, 5) is 2.82. The maximum Gasteiger partial charge on any atom is 0.312 e. The predicted octanol–water partition coefficient (Wildman–Crippen LogP) is 0.933. The summed E-state index contributed by atoms with van der Waals surface area (Å²) in [6.45, 7) is 0. The summed E-state index contributed by atoms with van der Waals surface area (Å²) in [5, 5.41) is 2.71. The lowest BCUT2D eigenvalue weighted by Gasteiger charge is -2.12. The van der Waals surface area contributed by atoms with E-state index in [9.17, 15) is 0 Å². The molecular formula is C11H14Cl3IN2S. The molecule has 0 saturated heterocycles. The fraction of sp³-hybridized carbons (Fsp3) is 0.364. The molecule has 7 heteroatoms. The molecule has 0 aromatic heterocycles. The van der Waals surface area contributed by atoms with E-state index >= 15 is 0 Å². The van der Waals surface area contributed by atoms with Crippen molar-refractivity contribution in [2.45, 2.75) is 4.90 Å². The minimum absolute atomic E-state index is 0. The molecule has 1 rings (SSSR count). The molecule has 1 aromatic rings. The standard InChI is InChI=1S/C11H14Cl3N2S.HI/c1-15(2)11(16(3)4)17-10-8(13)5-7(12)6-9(10)14;/h5-6H,1-4H3;1H/q+1;/p-1. The van der Waals surface area contributed by atoms with Crippen molar-refractivity contribution in [1.82, 2.24) is 4.90 Å². The normalized spacial score (nSPS) is 9.72. The quantitative estimate of drug-likeness (QED) is 0.211. The first-order valence-corrected chi connectivity index (χ1v) is 6.82. The molecule has 2 nitrogen and oxygen atoms in total. The van der Waals surface area contributed by atoms with Gasteiger partial charge >= 0.3 is 5.17 Å². The summed E-state index contributed by atoms with van der Waals surface area (Å²) in [5.74, 6) is 0. The van der Waals surface area contributed by atoms with Crippen LogP contribution in [0.4, 0.5) is 0 Å². The van der Waals surface area contributed by atoms with Crippen LogP contribution < -0.4 is 24.0 Å². The van der Waals surface area contributed by atoms with E-state index in [0.29, 0.717) is 15.1 Å². The molecule has 102 valence electrons. The van der Waals surface area contributed by atoms with Crippen LogP contribution in [-0.2, 0) is 0 Å². The number of thioether (sulfide) groups is 1. The van der Waals surface area contributed by atoms with Crippen LogP contribution in [0.5, 0.6) is 0 Å². The topological polar surface area (TPSA) is 6.25 Å². The van der Waals surface area contributed by atoms with E-state index < -0.39 is 0 Å². The molecular weight excluding hydrogens is 425 g/mol. The lowest BCUT2D eigenvalue weighted by Crippen LogP contribution is -3.00. The van der Waals surface area contributed by atoms with Crippen LogP contribution in [0.25, 0.3) is 0 Å². The summed E-state index contributed by atoms with van der Waals surface area (Å²) in [7, 11) is 7.89. The van der Waals surface area contributed by atoms with E-state index in [1.54, 1.807) is 12.1 Å². The highest BCUT2D eigenvalue weighted by Crippen LogP contribution is 2.37. The number of halogens is 4. The van der Waals surface area contributed by atoms with Crippen LogP contribution >= 0.6 is 46.6 Å². The molecule has 0 heterocycles. The fourth-order valence-electron chi connectivity index (χ4n) is 1.30. The van der Waals surface area contributed by atoms with Gasteiger partial charge in [-0.1, -0.05) is 34.8 Å². The minimum Gasteiger partial charge on any atom is -1.00 e. The van der Waals surface area contributed by atoms with Crippen LogP contribution in [0, 0.1) is 0 Å². The Balaban J connectivity index is 0.00000289. The molecule has 0 unspecified atom stereocenters. The van der Waals surface area contributed by atoms with Gasteiger partial charge in [-0.2, -0.15) is 0 Å².